The maximum absolute atomic E-state index is 17.2. The predicted molar refractivity (Wildman–Crippen MR) is 395 cm³/mol. The summed E-state index contributed by atoms with van der Waals surface area (Å²) in [5.41, 5.74) is 11.0. The van der Waals surface area contributed by atoms with Gasteiger partial charge in [-0.2, -0.15) is 13.2 Å². The Hall–Kier alpha value is -12.1. The first kappa shape index (κ1) is 62.2. The highest BCUT2D eigenvalue weighted by molar-refractivity contribution is 8.00. The number of hydrogen-bond acceptors (Lipinski definition) is 6. The van der Waals surface area contributed by atoms with Crippen LogP contribution in [0.15, 0.2) is 313 Å². The van der Waals surface area contributed by atoms with Gasteiger partial charge in [-0.25, -0.2) is 26.3 Å². The van der Waals surface area contributed by atoms with Gasteiger partial charge < -0.3 is 24.5 Å². The summed E-state index contributed by atoms with van der Waals surface area (Å²) in [7, 11) is 0. The highest BCUT2D eigenvalue weighted by atomic mass is 32.2. The van der Waals surface area contributed by atoms with Crippen LogP contribution in [0.5, 0.6) is 0 Å². The summed E-state index contributed by atoms with van der Waals surface area (Å²) in [5.74, 6) is -5.30. The number of hydrogen-bond donors (Lipinski definition) is 0. The normalized spacial score (nSPS) is 13.0. The van der Waals surface area contributed by atoms with Crippen molar-refractivity contribution in [1.29, 1.82) is 0 Å². The molecular formula is C85H50B2F9N5S. The lowest BCUT2D eigenvalue weighted by Gasteiger charge is -2.46. The molecule has 0 spiro atoms. The summed E-state index contributed by atoms with van der Waals surface area (Å²) in [6.45, 7) is -1.48. The number of fused-ring (bicyclic) bond motifs is 8. The molecule has 0 unspecified atom stereocenters. The van der Waals surface area contributed by atoms with E-state index in [2.05, 4.69) is 47.4 Å². The zero-order chi connectivity index (χ0) is 69.2. The van der Waals surface area contributed by atoms with Crippen LogP contribution in [0.3, 0.4) is 0 Å². The minimum atomic E-state index is -4.74. The highest BCUT2D eigenvalue weighted by Crippen LogP contribution is 2.53. The van der Waals surface area contributed by atoms with Crippen LogP contribution >= 0.6 is 11.8 Å². The van der Waals surface area contributed by atoms with Gasteiger partial charge >= 0.3 is 6.18 Å². The van der Waals surface area contributed by atoms with Gasteiger partial charge in [0.15, 0.2) is 0 Å². The second-order valence-electron chi connectivity index (χ2n) is 25.4. The fraction of sp³-hybridized carbons (Fsp3) is 0.0118. The van der Waals surface area contributed by atoms with Gasteiger partial charge in [0.1, 0.15) is 52.0 Å². The summed E-state index contributed by atoms with van der Waals surface area (Å²) in [5, 5.41) is 0. The van der Waals surface area contributed by atoms with Gasteiger partial charge in [0.25, 0.3) is 6.71 Å². The van der Waals surface area contributed by atoms with E-state index < -0.39 is 71.4 Å². The van der Waals surface area contributed by atoms with Crippen molar-refractivity contribution in [2.45, 2.75) is 16.0 Å². The molecule has 0 aromatic heterocycles. The largest absolute Gasteiger partial charge is 0.416 e. The minimum absolute atomic E-state index is 0.128. The van der Waals surface area contributed by atoms with Crippen LogP contribution in [0.25, 0.3) is 22.3 Å². The van der Waals surface area contributed by atoms with Crippen molar-refractivity contribution in [2.24, 2.45) is 0 Å². The van der Waals surface area contributed by atoms with Gasteiger partial charge in [-0.1, -0.05) is 181 Å². The fourth-order valence-electron chi connectivity index (χ4n) is 15.4. The van der Waals surface area contributed by atoms with Crippen LogP contribution in [-0.4, -0.2) is 13.4 Å². The monoisotopic (exact) mass is 1370 g/mol. The number of alkyl halides is 3. The van der Waals surface area contributed by atoms with E-state index in [1.54, 1.807) is 59.5 Å². The van der Waals surface area contributed by atoms with Gasteiger partial charge in [0.2, 0.25) is 6.71 Å². The molecular weight excluding hydrogens is 1320 g/mol. The Kier molecular flexibility index (Phi) is 14.9. The third-order valence-corrected chi connectivity index (χ3v) is 20.8. The Morgan fingerprint density at radius 1 is 0.284 bits per heavy atom. The molecule has 14 aromatic rings. The molecule has 4 heterocycles. The third-order valence-electron chi connectivity index (χ3n) is 19.7. The molecule has 0 saturated carbocycles. The SMILES string of the molecule is Fc1cccc(F)c1N(c1ccccc1)c1cc2c3c(c1)N(c1c(F)cccc1F)c1ccccc1B3c1cc3c(cc1N2c1ccc(C(F)(F)F)cc1)Sc1cc(N(c2ccc(-c4ccccc4)cc2)c2cccc(-c4ccccc4)c2)cc2c1B3c1ccccc1N2c1c(F)cccc1F. The molecule has 0 saturated heterocycles. The lowest BCUT2D eigenvalue weighted by molar-refractivity contribution is -0.137. The van der Waals surface area contributed by atoms with Gasteiger partial charge in [-0.05, 0) is 189 Å². The summed E-state index contributed by atoms with van der Waals surface area (Å²) in [4.78, 5) is 9.91. The van der Waals surface area contributed by atoms with Crippen molar-refractivity contribution in [3.63, 3.8) is 0 Å². The van der Waals surface area contributed by atoms with Crippen LogP contribution in [0.4, 0.5) is 125 Å². The molecule has 102 heavy (non-hydrogen) atoms. The summed E-state index contributed by atoms with van der Waals surface area (Å²) in [6.07, 6.45) is -4.74. The van der Waals surface area contributed by atoms with E-state index >= 15 is 26.3 Å². The van der Waals surface area contributed by atoms with Gasteiger partial charge in [0.05, 0.1) is 11.3 Å². The standard InChI is InChI=1S/C85H50B2F9N5S/c88-66-28-15-29-67(89)82(66)98(56-23-8-3-9-24-56)60-45-75-80-76(46-60)100(83-68(90)30-16-31-69(83)91)72-34-12-10-26-62(72)86(80)64-49-65-78(50-74(64)99(75)58-42-38-55(39-43-58)85(94,95)96)102-79-48-61(47-77-81(79)87(65)63-27-11-13-35-73(63)101(77)84-70(92)32-17-33-71(84)93)97(57-40-36-53(37-41-57)51-18-4-1-5-19-51)59-25-14-22-54(44-59)52-20-6-2-7-21-52/h1-50H. The first-order chi connectivity index (χ1) is 49.7. The van der Waals surface area contributed by atoms with E-state index in [4.69, 9.17) is 0 Å². The highest BCUT2D eigenvalue weighted by Gasteiger charge is 2.49. The van der Waals surface area contributed by atoms with Crippen LogP contribution in [0.2, 0.25) is 0 Å². The predicted octanol–water partition coefficient (Wildman–Crippen LogP) is 20.7. The Balaban J connectivity index is 0.924. The van der Waals surface area contributed by atoms with E-state index in [-0.39, 0.29) is 22.7 Å². The Morgan fingerprint density at radius 3 is 1.29 bits per heavy atom. The van der Waals surface area contributed by atoms with Gasteiger partial charge in [-0.15, -0.1) is 0 Å². The molecule has 0 N–H and O–H groups in total. The van der Waals surface area contributed by atoms with E-state index in [9.17, 15) is 13.2 Å². The Bertz CT molecular complexity index is 5640. The van der Waals surface area contributed by atoms with Crippen molar-refractivity contribution in [3.8, 4) is 22.3 Å². The fourth-order valence-corrected chi connectivity index (χ4v) is 16.6. The van der Waals surface area contributed by atoms with E-state index in [0.29, 0.717) is 61.7 Å². The first-order valence-electron chi connectivity index (χ1n) is 33.0. The van der Waals surface area contributed by atoms with Crippen LogP contribution in [0, 0.1) is 34.9 Å². The number of nitrogens with zero attached hydrogens (tertiary/aromatic N) is 5. The molecule has 0 radical (unpaired) electrons. The molecule has 4 aliphatic heterocycles. The maximum Gasteiger partial charge on any atom is 0.416 e. The third kappa shape index (κ3) is 10.1. The molecule has 490 valence electrons. The molecule has 0 atom stereocenters. The maximum atomic E-state index is 17.2. The smallest absolute Gasteiger partial charge is 0.311 e. The molecule has 14 aromatic carbocycles. The lowest BCUT2D eigenvalue weighted by atomic mass is 9.31. The lowest BCUT2D eigenvalue weighted by Crippen LogP contribution is -2.64. The average molecular weight is 1370 g/mol. The second-order valence-corrected chi connectivity index (χ2v) is 26.5. The summed E-state index contributed by atoms with van der Waals surface area (Å²) < 4.78 is 147. The van der Waals surface area contributed by atoms with Crippen LogP contribution < -0.4 is 57.3 Å². The van der Waals surface area contributed by atoms with Crippen molar-refractivity contribution < 1.29 is 39.5 Å². The van der Waals surface area contributed by atoms with Crippen molar-refractivity contribution in [1.82, 2.24) is 0 Å². The Morgan fingerprint density at radius 2 is 0.725 bits per heavy atom. The molecule has 17 heteroatoms. The molecule has 0 fully saturated rings. The zero-order valence-corrected chi connectivity index (χ0v) is 54.4. The number of rotatable bonds is 11. The van der Waals surface area contributed by atoms with Gasteiger partial charge in [-0.3, -0.25) is 0 Å². The van der Waals surface area contributed by atoms with Crippen molar-refractivity contribution >= 4 is 143 Å². The molecule has 0 bridgehead atoms. The second kappa shape index (κ2) is 24.4. The topological polar surface area (TPSA) is 16.2 Å². The Labute approximate surface area is 586 Å². The molecule has 4 aliphatic rings. The van der Waals surface area contributed by atoms with Crippen LogP contribution in [-0.2, 0) is 6.18 Å². The van der Waals surface area contributed by atoms with Crippen molar-refractivity contribution in [3.05, 3.63) is 344 Å². The van der Waals surface area contributed by atoms with Crippen molar-refractivity contribution in [2.75, 3.05) is 24.5 Å². The van der Waals surface area contributed by atoms with E-state index in [1.165, 1.54) is 64.0 Å². The number of anilines is 15. The molecule has 5 nitrogen and oxygen atoms in total. The molecule has 0 aliphatic carbocycles. The number of benzene rings is 14. The quantitative estimate of drug-likeness (QED) is 0.0941. The number of para-hydroxylation sites is 6. The average Bonchev–Trinajstić information content (AvgIpc) is 0.688. The van der Waals surface area contributed by atoms with Crippen LogP contribution in [0.1, 0.15) is 5.56 Å². The summed E-state index contributed by atoms with van der Waals surface area (Å²) >= 11 is 1.43. The van der Waals surface area contributed by atoms with E-state index in [0.717, 1.165) is 90.7 Å². The van der Waals surface area contributed by atoms with E-state index in [1.807, 2.05) is 132 Å². The van der Waals surface area contributed by atoms with Gasteiger partial charge in [0, 0.05) is 72.4 Å². The minimum Gasteiger partial charge on any atom is -0.311 e. The molecule has 0 amide bonds. The number of halogens is 9. The first-order valence-corrected chi connectivity index (χ1v) is 33.8. The summed E-state index contributed by atoms with van der Waals surface area (Å²) in [6, 6.07) is 86.9. The molecule has 18 rings (SSSR count). The zero-order valence-electron chi connectivity index (χ0n) is 53.6.